The zero-order valence-corrected chi connectivity index (χ0v) is 25.4. The summed E-state index contributed by atoms with van der Waals surface area (Å²) >= 11 is 0. The molecule has 0 atom stereocenters. The van der Waals surface area contributed by atoms with Gasteiger partial charge in [0.25, 0.3) is 0 Å². The summed E-state index contributed by atoms with van der Waals surface area (Å²) in [5.74, 6) is 1.01. The maximum Gasteiger partial charge on any atom is 0.208 e. The first-order valence-corrected chi connectivity index (χ1v) is 15.5. The number of methoxy groups -OCH3 is 1. The second-order valence-corrected chi connectivity index (χ2v) is 11.0. The molecule has 1 aromatic carbocycles. The molecule has 0 unspecified atom stereocenters. The van der Waals surface area contributed by atoms with Crippen LogP contribution < -0.4 is 14.8 Å². The number of aromatic nitrogens is 2. The maximum absolute atomic E-state index is 10.5. The number of ether oxygens (including phenoxy) is 1. The first kappa shape index (κ1) is 33.5. The number of unbranched alkanes of at least 4 members (excludes halogenated alkanes) is 2. The molecule has 9 heteroatoms. The summed E-state index contributed by atoms with van der Waals surface area (Å²) in [4.78, 5) is 0. The van der Waals surface area contributed by atoms with Gasteiger partial charge in [-0.3, -0.25) is 0 Å². The van der Waals surface area contributed by atoms with Crippen LogP contribution in [0.2, 0.25) is 0 Å². The van der Waals surface area contributed by atoms with Crippen LogP contribution in [0.5, 0.6) is 5.75 Å². The molecular weight excluding hydrogens is 500 g/mol. The molecule has 1 aliphatic carbocycles. The van der Waals surface area contributed by atoms with E-state index in [0.29, 0.717) is 6.54 Å². The van der Waals surface area contributed by atoms with E-state index in [1.807, 2.05) is 27.7 Å². The minimum atomic E-state index is -2.95. The normalized spacial score (nSPS) is 14.2. The molecule has 0 fully saturated rings. The Bertz CT molecular complexity index is 1100. The highest BCUT2D eigenvalue weighted by atomic mass is 32.2. The Balaban J connectivity index is 0.000000280. The van der Waals surface area contributed by atoms with Gasteiger partial charge in [0.2, 0.25) is 10.0 Å². The van der Waals surface area contributed by atoms with Gasteiger partial charge < -0.3 is 10.1 Å². The van der Waals surface area contributed by atoms with Gasteiger partial charge in [-0.1, -0.05) is 51.8 Å². The molecule has 2 heterocycles. The predicted octanol–water partition coefficient (Wildman–Crippen LogP) is 6.07. The van der Waals surface area contributed by atoms with E-state index in [1.54, 1.807) is 7.11 Å². The van der Waals surface area contributed by atoms with Crippen molar-refractivity contribution >= 4 is 21.2 Å². The molecule has 0 spiro atoms. The monoisotopic (exact) mass is 548 g/mol. The summed E-state index contributed by atoms with van der Waals surface area (Å²) in [6.45, 7) is 14.9. The Labute approximate surface area is 230 Å². The van der Waals surface area contributed by atoms with Gasteiger partial charge in [-0.05, 0) is 97.2 Å². The Morgan fingerprint density at radius 1 is 1.03 bits per heavy atom. The molecule has 4 rings (SSSR count). The van der Waals surface area contributed by atoms with Gasteiger partial charge >= 0.3 is 0 Å². The maximum atomic E-state index is 10.5. The smallest absolute Gasteiger partial charge is 0.208 e. The number of fused-ring (bicyclic) bond motifs is 2. The molecule has 0 saturated carbocycles. The van der Waals surface area contributed by atoms with Crippen LogP contribution >= 0.6 is 0 Å². The SMILES string of the molecule is CC.CC1=CCC=C(C)c2nonc21.CCCCCNS(C)(=O)=O.COc1cc2c(cc1C)CCCNC2. The molecule has 2 aromatic rings. The van der Waals surface area contributed by atoms with E-state index in [0.717, 1.165) is 67.1 Å². The zero-order chi connectivity index (χ0) is 28.6. The Morgan fingerprint density at radius 3 is 2.21 bits per heavy atom. The predicted molar refractivity (Wildman–Crippen MR) is 158 cm³/mol. The number of benzene rings is 1. The third-order valence-corrected chi connectivity index (χ3v) is 6.79. The lowest BCUT2D eigenvalue weighted by Crippen LogP contribution is -2.22. The summed E-state index contributed by atoms with van der Waals surface area (Å²) < 4.78 is 33.4. The highest BCUT2D eigenvalue weighted by Gasteiger charge is 2.14. The van der Waals surface area contributed by atoms with Crippen molar-refractivity contribution in [3.63, 3.8) is 0 Å². The van der Waals surface area contributed by atoms with Crippen molar-refractivity contribution in [2.24, 2.45) is 0 Å². The summed E-state index contributed by atoms with van der Waals surface area (Å²) in [5, 5.41) is 11.1. The second kappa shape index (κ2) is 17.9. The van der Waals surface area contributed by atoms with E-state index in [2.05, 4.69) is 63.1 Å². The molecule has 0 saturated heterocycles. The molecule has 0 radical (unpaired) electrons. The second-order valence-electron chi connectivity index (χ2n) is 9.22. The molecule has 0 amide bonds. The van der Waals surface area contributed by atoms with E-state index >= 15 is 0 Å². The summed E-state index contributed by atoms with van der Waals surface area (Å²) in [6, 6.07) is 4.43. The Hall–Kier alpha value is -2.49. The van der Waals surface area contributed by atoms with E-state index < -0.39 is 10.0 Å². The van der Waals surface area contributed by atoms with Crippen molar-refractivity contribution in [3.05, 3.63) is 52.4 Å². The molecule has 214 valence electrons. The quantitative estimate of drug-likeness (QED) is 0.422. The number of hydrogen-bond acceptors (Lipinski definition) is 7. The molecule has 1 aliphatic heterocycles. The largest absolute Gasteiger partial charge is 0.496 e. The van der Waals surface area contributed by atoms with Crippen molar-refractivity contribution in [2.75, 3.05) is 26.5 Å². The molecule has 2 N–H and O–H groups in total. The average molecular weight is 549 g/mol. The van der Waals surface area contributed by atoms with Crippen molar-refractivity contribution in [3.8, 4) is 5.75 Å². The van der Waals surface area contributed by atoms with E-state index in [4.69, 9.17) is 4.74 Å². The fourth-order valence-corrected chi connectivity index (χ4v) is 4.49. The average Bonchev–Trinajstić information content (AvgIpc) is 3.22. The number of nitrogens with one attached hydrogen (secondary N) is 2. The summed E-state index contributed by atoms with van der Waals surface area (Å²) in [7, 11) is -1.22. The third kappa shape index (κ3) is 11.9. The molecule has 8 nitrogen and oxygen atoms in total. The lowest BCUT2D eigenvalue weighted by molar-refractivity contribution is 0.305. The van der Waals surface area contributed by atoms with Crippen LogP contribution in [0.3, 0.4) is 0 Å². The van der Waals surface area contributed by atoms with Crippen molar-refractivity contribution in [2.45, 2.75) is 86.6 Å². The first-order chi connectivity index (χ1) is 18.2. The van der Waals surface area contributed by atoms with Crippen LogP contribution in [0.1, 0.15) is 94.8 Å². The fourth-order valence-electron chi connectivity index (χ4n) is 3.98. The first-order valence-electron chi connectivity index (χ1n) is 13.6. The van der Waals surface area contributed by atoms with Crippen LogP contribution in [0.15, 0.2) is 28.9 Å². The lowest BCUT2D eigenvalue weighted by Gasteiger charge is -2.11. The van der Waals surface area contributed by atoms with Gasteiger partial charge in [0.15, 0.2) is 0 Å². The number of nitrogens with zero attached hydrogens (tertiary/aromatic N) is 2. The number of sulfonamides is 1. The highest BCUT2D eigenvalue weighted by Crippen LogP contribution is 2.26. The number of hydrogen-bond donors (Lipinski definition) is 2. The Kier molecular flexibility index (Phi) is 15.8. The highest BCUT2D eigenvalue weighted by molar-refractivity contribution is 7.88. The van der Waals surface area contributed by atoms with Gasteiger partial charge in [-0.15, -0.1) is 0 Å². The van der Waals surface area contributed by atoms with Crippen molar-refractivity contribution in [1.29, 1.82) is 0 Å². The third-order valence-electron chi connectivity index (χ3n) is 6.06. The van der Waals surface area contributed by atoms with Crippen LogP contribution in [-0.4, -0.2) is 45.2 Å². The fraction of sp³-hybridized carbons (Fsp3) is 0.586. The zero-order valence-electron chi connectivity index (χ0n) is 24.6. The lowest BCUT2D eigenvalue weighted by atomic mass is 10.0. The van der Waals surface area contributed by atoms with E-state index in [-0.39, 0.29) is 0 Å². The van der Waals surface area contributed by atoms with E-state index in [9.17, 15) is 8.42 Å². The van der Waals surface area contributed by atoms with Crippen LogP contribution in [0.25, 0.3) is 11.1 Å². The van der Waals surface area contributed by atoms with Gasteiger partial charge in [-0.2, -0.15) is 0 Å². The van der Waals surface area contributed by atoms with Crippen molar-refractivity contribution in [1.82, 2.24) is 20.4 Å². The summed E-state index contributed by atoms with van der Waals surface area (Å²) in [5.41, 5.74) is 8.15. The topological polar surface area (TPSA) is 106 Å². The van der Waals surface area contributed by atoms with Gasteiger partial charge in [0.1, 0.15) is 17.1 Å². The van der Waals surface area contributed by atoms with E-state index in [1.165, 1.54) is 35.8 Å². The minimum absolute atomic E-state index is 0.576. The number of rotatable bonds is 6. The number of aryl methyl sites for hydroxylation is 2. The van der Waals surface area contributed by atoms with Crippen molar-refractivity contribution < 1.29 is 17.8 Å². The standard InChI is InChI=1S/C12H17NO.C9H10N2O.C6H15NO2S.C2H6/c1-9-6-10-4-3-5-13-8-11(10)7-12(9)14-2;1-6-4-3-5-7(2)9-8(6)10-12-11-9;1-3-4-5-6-7-10(2,8)9;1-2/h6-7,13H,3-5,8H2,1-2H3;4-5H,3H2,1-2H3;7H,3-6H2,1-2H3;1-2H3. The van der Waals surface area contributed by atoms with Crippen LogP contribution in [0, 0.1) is 6.92 Å². The van der Waals surface area contributed by atoms with Gasteiger partial charge in [-0.25, -0.2) is 17.8 Å². The van der Waals surface area contributed by atoms with Crippen LogP contribution in [0.4, 0.5) is 0 Å². The Morgan fingerprint density at radius 2 is 1.66 bits per heavy atom. The molecule has 38 heavy (non-hydrogen) atoms. The number of allylic oxidation sites excluding steroid dienone is 4. The van der Waals surface area contributed by atoms with Crippen LogP contribution in [-0.2, 0) is 23.0 Å². The van der Waals surface area contributed by atoms with Gasteiger partial charge in [0.05, 0.1) is 13.4 Å². The molecular formula is C29H48N4O4S. The summed E-state index contributed by atoms with van der Waals surface area (Å²) in [6.07, 6.45) is 11.9. The molecule has 2 aliphatic rings. The minimum Gasteiger partial charge on any atom is -0.496 e. The molecule has 1 aromatic heterocycles. The van der Waals surface area contributed by atoms with Gasteiger partial charge in [0, 0.05) is 13.1 Å². The molecule has 0 bridgehead atoms.